The number of aliphatic hydroxyl groups is 1. The molecule has 34 heavy (non-hydrogen) atoms. The lowest BCUT2D eigenvalue weighted by Crippen LogP contribution is -2.42. The first-order valence-electron chi connectivity index (χ1n) is 10.9. The molecular weight excluding hydrogens is 494 g/mol. The number of esters is 1. The largest absolute Gasteiger partial charge is 0.436 e. The zero-order valence-electron chi connectivity index (χ0n) is 17.9. The maximum atomic E-state index is 12.9. The van der Waals surface area contributed by atoms with Crippen molar-refractivity contribution in [1.82, 2.24) is 4.90 Å². The van der Waals surface area contributed by atoms with E-state index in [-0.39, 0.29) is 44.7 Å². The highest BCUT2D eigenvalue weighted by Gasteiger charge is 2.41. The number of carbonyl (C=O) groups excluding carboxylic acids is 2. The van der Waals surface area contributed by atoms with Crippen molar-refractivity contribution >= 4 is 35.1 Å². The van der Waals surface area contributed by atoms with Gasteiger partial charge >= 0.3 is 12.1 Å². The van der Waals surface area contributed by atoms with Crippen LogP contribution in [-0.2, 0) is 16.0 Å². The van der Waals surface area contributed by atoms with Crippen LogP contribution in [0.5, 0.6) is 0 Å². The van der Waals surface area contributed by atoms with E-state index in [9.17, 15) is 27.9 Å². The molecule has 0 saturated carbocycles. The summed E-state index contributed by atoms with van der Waals surface area (Å²) in [5, 5.41) is 10.2. The molecule has 2 saturated heterocycles. The van der Waals surface area contributed by atoms with Crippen molar-refractivity contribution in [3.05, 3.63) is 57.6 Å². The number of hydrogen-bond donors (Lipinski definition) is 1. The quantitative estimate of drug-likeness (QED) is 0.546. The molecule has 0 spiro atoms. The minimum Gasteiger partial charge on any atom is -0.436 e. The van der Waals surface area contributed by atoms with Gasteiger partial charge in [0.25, 0.3) is 5.91 Å². The Hall–Kier alpha value is -2.29. The van der Waals surface area contributed by atoms with E-state index in [1.165, 1.54) is 4.90 Å². The zero-order chi connectivity index (χ0) is 24.6. The Balaban J connectivity index is 1.44. The minimum atomic E-state index is -4.23. The number of cyclic esters (lactones) is 1. The van der Waals surface area contributed by atoms with Crippen LogP contribution in [0.1, 0.15) is 35.2 Å². The molecule has 2 heterocycles. The molecule has 1 N–H and O–H groups in total. The number of piperidine rings is 1. The fourth-order valence-corrected chi connectivity index (χ4v) is 5.03. The second-order valence-electron chi connectivity index (χ2n) is 8.63. The van der Waals surface area contributed by atoms with Gasteiger partial charge in [0.2, 0.25) is 6.29 Å². The van der Waals surface area contributed by atoms with Gasteiger partial charge in [-0.3, -0.25) is 9.59 Å². The fraction of sp³-hybridized carbons (Fsp3) is 0.417. The summed E-state index contributed by atoms with van der Waals surface area (Å²) >= 11 is 12.9. The van der Waals surface area contributed by atoms with Crippen LogP contribution in [0.25, 0.3) is 11.1 Å². The molecule has 2 aromatic rings. The van der Waals surface area contributed by atoms with Gasteiger partial charge in [-0.15, -0.1) is 0 Å². The first kappa shape index (κ1) is 24.8. The van der Waals surface area contributed by atoms with E-state index in [2.05, 4.69) is 0 Å². The van der Waals surface area contributed by atoms with Crippen molar-refractivity contribution in [2.75, 3.05) is 13.1 Å². The summed E-state index contributed by atoms with van der Waals surface area (Å²) in [6.07, 6.45) is -5.10. The van der Waals surface area contributed by atoms with Crippen molar-refractivity contribution in [2.45, 2.75) is 38.1 Å². The topological polar surface area (TPSA) is 66.8 Å². The molecule has 0 aromatic heterocycles. The Labute approximate surface area is 204 Å². The molecule has 2 fully saturated rings. The van der Waals surface area contributed by atoms with Gasteiger partial charge in [0.1, 0.15) is 0 Å². The maximum absolute atomic E-state index is 12.9. The standard InChI is InChI=1S/C24H22Cl2F3NO4/c25-19-10-15(11-20(26)18(19)9-16-12-21(31)34-23(16)33)13-1-3-14(4-2-13)22(32)30-7-5-17(6-8-30)24(27,28)29/h1-4,10-11,16-17,21,31H,5-9,12H2. The van der Waals surface area contributed by atoms with Crippen LogP contribution in [-0.4, -0.2) is 47.4 Å². The molecule has 5 nitrogen and oxygen atoms in total. The average molecular weight is 516 g/mol. The van der Waals surface area contributed by atoms with Crippen molar-refractivity contribution in [3.63, 3.8) is 0 Å². The molecule has 2 aliphatic rings. The second-order valence-corrected chi connectivity index (χ2v) is 9.45. The lowest BCUT2D eigenvalue weighted by Gasteiger charge is -2.33. The Morgan fingerprint density at radius 1 is 1.06 bits per heavy atom. The lowest BCUT2D eigenvalue weighted by atomic mass is 9.94. The summed E-state index contributed by atoms with van der Waals surface area (Å²) in [4.78, 5) is 26.0. The monoisotopic (exact) mass is 515 g/mol. The highest BCUT2D eigenvalue weighted by molar-refractivity contribution is 6.36. The number of ether oxygens (including phenoxy) is 1. The van der Waals surface area contributed by atoms with Gasteiger partial charge in [-0.25, -0.2) is 0 Å². The number of alkyl halides is 3. The number of likely N-dealkylation sites (tertiary alicyclic amines) is 1. The van der Waals surface area contributed by atoms with E-state index in [0.717, 1.165) is 5.56 Å². The summed E-state index contributed by atoms with van der Waals surface area (Å²) in [5.74, 6) is -2.68. The van der Waals surface area contributed by atoms with Crippen molar-refractivity contribution in [2.24, 2.45) is 11.8 Å². The van der Waals surface area contributed by atoms with Crippen LogP contribution in [0.4, 0.5) is 13.2 Å². The number of rotatable bonds is 4. The lowest BCUT2D eigenvalue weighted by molar-refractivity contribution is -0.183. The fourth-order valence-electron chi connectivity index (χ4n) is 4.39. The van der Waals surface area contributed by atoms with Gasteiger partial charge in [0.05, 0.1) is 11.8 Å². The summed E-state index contributed by atoms with van der Waals surface area (Å²) in [6, 6.07) is 10.1. The molecular formula is C24H22Cl2F3NO4. The molecule has 0 bridgehead atoms. The number of carbonyl (C=O) groups is 2. The van der Waals surface area contributed by atoms with Crippen LogP contribution in [0.2, 0.25) is 10.0 Å². The van der Waals surface area contributed by atoms with E-state index in [0.29, 0.717) is 26.7 Å². The van der Waals surface area contributed by atoms with Crippen LogP contribution < -0.4 is 0 Å². The average Bonchev–Trinajstić information content (AvgIpc) is 3.11. The third kappa shape index (κ3) is 5.34. The highest BCUT2D eigenvalue weighted by Crippen LogP contribution is 2.36. The van der Waals surface area contributed by atoms with E-state index >= 15 is 0 Å². The van der Waals surface area contributed by atoms with Gasteiger partial charge < -0.3 is 14.7 Å². The first-order valence-corrected chi connectivity index (χ1v) is 11.6. The first-order chi connectivity index (χ1) is 16.0. The summed E-state index contributed by atoms with van der Waals surface area (Å²) < 4.78 is 43.3. The second kappa shape index (κ2) is 9.76. The maximum Gasteiger partial charge on any atom is 0.391 e. The molecule has 4 rings (SSSR count). The van der Waals surface area contributed by atoms with Crippen LogP contribution >= 0.6 is 23.2 Å². The highest BCUT2D eigenvalue weighted by atomic mass is 35.5. The normalized spacial score (nSPS) is 21.6. The third-order valence-corrected chi connectivity index (χ3v) is 7.05. The molecule has 2 aliphatic heterocycles. The molecule has 2 atom stereocenters. The van der Waals surface area contributed by atoms with E-state index in [1.807, 2.05) is 0 Å². The number of nitrogens with zero attached hydrogens (tertiary/aromatic N) is 1. The molecule has 0 radical (unpaired) electrons. The van der Waals surface area contributed by atoms with Gasteiger partial charge in [0, 0.05) is 35.1 Å². The predicted octanol–water partition coefficient (Wildman–Crippen LogP) is 5.50. The number of benzene rings is 2. The number of aliphatic hydroxyl groups excluding tert-OH is 1. The molecule has 2 unspecified atom stereocenters. The smallest absolute Gasteiger partial charge is 0.391 e. The third-order valence-electron chi connectivity index (χ3n) is 6.37. The number of hydrogen-bond acceptors (Lipinski definition) is 4. The molecule has 1 amide bonds. The van der Waals surface area contributed by atoms with Gasteiger partial charge in [-0.05, 0) is 60.2 Å². The summed E-state index contributed by atoms with van der Waals surface area (Å²) in [5.41, 5.74) is 2.43. The molecule has 2 aromatic carbocycles. The van der Waals surface area contributed by atoms with Crippen molar-refractivity contribution < 1.29 is 32.6 Å². The Bertz CT molecular complexity index is 1060. The van der Waals surface area contributed by atoms with Gasteiger partial charge in [-0.1, -0.05) is 35.3 Å². The van der Waals surface area contributed by atoms with Crippen molar-refractivity contribution in [1.29, 1.82) is 0 Å². The summed E-state index contributed by atoms with van der Waals surface area (Å²) in [6.45, 7) is 0.145. The van der Waals surface area contributed by atoms with Gasteiger partial charge in [0.15, 0.2) is 0 Å². The molecule has 182 valence electrons. The Kier molecular flexibility index (Phi) is 7.12. The zero-order valence-corrected chi connectivity index (χ0v) is 19.5. The number of halogens is 5. The van der Waals surface area contributed by atoms with Crippen molar-refractivity contribution in [3.8, 4) is 11.1 Å². The summed E-state index contributed by atoms with van der Waals surface area (Å²) in [7, 11) is 0. The van der Waals surface area contributed by atoms with Crippen LogP contribution in [0.3, 0.4) is 0 Å². The van der Waals surface area contributed by atoms with Gasteiger partial charge in [-0.2, -0.15) is 13.2 Å². The van der Waals surface area contributed by atoms with E-state index < -0.39 is 30.3 Å². The predicted molar refractivity (Wildman–Crippen MR) is 120 cm³/mol. The van der Waals surface area contributed by atoms with Crippen LogP contribution in [0.15, 0.2) is 36.4 Å². The van der Waals surface area contributed by atoms with E-state index in [4.69, 9.17) is 27.9 Å². The van der Waals surface area contributed by atoms with Crippen LogP contribution in [0, 0.1) is 11.8 Å². The Morgan fingerprint density at radius 3 is 2.15 bits per heavy atom. The SMILES string of the molecule is O=C1OC(O)CC1Cc1c(Cl)cc(-c2ccc(C(=O)N3CCC(C(F)(F)F)CC3)cc2)cc1Cl. The number of amides is 1. The molecule has 10 heteroatoms. The Morgan fingerprint density at radius 2 is 1.65 bits per heavy atom. The minimum absolute atomic E-state index is 0.0724. The molecule has 0 aliphatic carbocycles. The van der Waals surface area contributed by atoms with E-state index in [1.54, 1.807) is 36.4 Å².